The minimum atomic E-state index is -0.340. The minimum Gasteiger partial charge on any atom is -0.462 e. The third-order valence-corrected chi connectivity index (χ3v) is 4.16. The maximum Gasteiger partial charge on any atom is 0.333 e. The Kier molecular flexibility index (Phi) is 8.30. The zero-order valence-corrected chi connectivity index (χ0v) is 15.9. The molecule has 0 aliphatic heterocycles. The summed E-state index contributed by atoms with van der Waals surface area (Å²) in [6, 6.07) is 18.0. The molecule has 0 radical (unpaired) electrons. The summed E-state index contributed by atoms with van der Waals surface area (Å²) >= 11 is 0. The number of rotatable bonds is 10. The first-order chi connectivity index (χ1) is 13.1. The number of benzene rings is 2. The number of carbonyl (C=O) groups excluding carboxylic acids is 2. The minimum absolute atomic E-state index is 0.0242. The van der Waals surface area contributed by atoms with Gasteiger partial charge in [0.1, 0.15) is 0 Å². The first kappa shape index (κ1) is 20.4. The van der Waals surface area contributed by atoms with Gasteiger partial charge in [-0.3, -0.25) is 4.79 Å². The van der Waals surface area contributed by atoms with Crippen molar-refractivity contribution < 1.29 is 14.3 Å². The van der Waals surface area contributed by atoms with E-state index in [-0.39, 0.29) is 11.9 Å². The highest BCUT2D eigenvalue weighted by molar-refractivity contribution is 5.91. The monoisotopic (exact) mass is 365 g/mol. The summed E-state index contributed by atoms with van der Waals surface area (Å²) in [6.07, 6.45) is 3.99. The highest BCUT2D eigenvalue weighted by atomic mass is 16.5. The van der Waals surface area contributed by atoms with Crippen LogP contribution in [0.3, 0.4) is 0 Å². The molecule has 0 atom stereocenters. The fraction of sp³-hybridized carbons (Fsp3) is 0.304. The van der Waals surface area contributed by atoms with Gasteiger partial charge in [-0.05, 0) is 43.0 Å². The summed E-state index contributed by atoms with van der Waals surface area (Å²) in [6.45, 7) is 5.58. The fourth-order valence-corrected chi connectivity index (χ4v) is 2.63. The molecule has 0 bridgehead atoms. The second-order valence-electron chi connectivity index (χ2n) is 6.57. The average molecular weight is 365 g/mol. The van der Waals surface area contributed by atoms with E-state index in [1.807, 2.05) is 42.5 Å². The molecule has 1 amide bonds. The van der Waals surface area contributed by atoms with Gasteiger partial charge in [0.05, 0.1) is 6.61 Å². The average Bonchev–Trinajstić information content (AvgIpc) is 2.68. The smallest absolute Gasteiger partial charge is 0.333 e. The summed E-state index contributed by atoms with van der Waals surface area (Å²) in [5, 5.41) is 2.93. The number of anilines is 1. The largest absolute Gasteiger partial charge is 0.462 e. The van der Waals surface area contributed by atoms with E-state index in [9.17, 15) is 9.59 Å². The molecule has 0 heterocycles. The summed E-state index contributed by atoms with van der Waals surface area (Å²) in [5.41, 5.74) is 3.51. The standard InChI is InChI=1S/C23H27NO3/c1-18(2)23(26)27-17-9-4-3-8-12-22(25)24-21-15-13-20(14-16-21)19-10-6-5-7-11-19/h5-7,10-11,13-16H,1,3-4,8-9,12,17H2,2H3,(H,24,25). The molecular weight excluding hydrogens is 338 g/mol. The Morgan fingerprint density at radius 3 is 2.19 bits per heavy atom. The van der Waals surface area contributed by atoms with Crippen molar-refractivity contribution in [3.63, 3.8) is 0 Å². The molecule has 0 saturated heterocycles. The van der Waals surface area contributed by atoms with Crippen LogP contribution in [0.15, 0.2) is 66.7 Å². The Morgan fingerprint density at radius 1 is 0.889 bits per heavy atom. The third-order valence-electron chi connectivity index (χ3n) is 4.16. The van der Waals surface area contributed by atoms with Crippen LogP contribution in [0.25, 0.3) is 11.1 Å². The van der Waals surface area contributed by atoms with Gasteiger partial charge in [0.15, 0.2) is 0 Å². The van der Waals surface area contributed by atoms with Crippen LogP contribution in [0.2, 0.25) is 0 Å². The lowest BCUT2D eigenvalue weighted by atomic mass is 10.1. The van der Waals surface area contributed by atoms with Gasteiger partial charge in [-0.25, -0.2) is 4.79 Å². The molecule has 0 fully saturated rings. The molecule has 142 valence electrons. The summed E-state index contributed by atoms with van der Waals surface area (Å²) in [5.74, 6) is -0.316. The van der Waals surface area contributed by atoms with E-state index in [0.29, 0.717) is 18.6 Å². The molecule has 0 saturated carbocycles. The summed E-state index contributed by atoms with van der Waals surface area (Å²) < 4.78 is 5.03. The van der Waals surface area contributed by atoms with Gasteiger partial charge < -0.3 is 10.1 Å². The van der Waals surface area contributed by atoms with Crippen molar-refractivity contribution in [1.82, 2.24) is 0 Å². The predicted octanol–water partition coefficient (Wildman–Crippen LogP) is 5.36. The number of nitrogens with one attached hydrogen (secondary N) is 1. The summed E-state index contributed by atoms with van der Waals surface area (Å²) in [4.78, 5) is 23.3. The molecule has 2 aromatic carbocycles. The normalized spacial score (nSPS) is 10.3. The van der Waals surface area contributed by atoms with E-state index in [1.54, 1.807) is 6.92 Å². The molecule has 4 heteroatoms. The molecule has 4 nitrogen and oxygen atoms in total. The van der Waals surface area contributed by atoms with Crippen molar-refractivity contribution in [3.05, 3.63) is 66.7 Å². The summed E-state index contributed by atoms with van der Waals surface area (Å²) in [7, 11) is 0. The lowest BCUT2D eigenvalue weighted by molar-refractivity contribution is -0.139. The van der Waals surface area contributed by atoms with Crippen molar-refractivity contribution in [2.45, 2.75) is 39.0 Å². The highest BCUT2D eigenvalue weighted by Gasteiger charge is 2.04. The number of amides is 1. The van der Waals surface area contributed by atoms with Gasteiger partial charge in [-0.1, -0.05) is 61.9 Å². The number of hydrogen-bond donors (Lipinski definition) is 1. The molecule has 2 aromatic rings. The van der Waals surface area contributed by atoms with Crippen LogP contribution in [-0.4, -0.2) is 18.5 Å². The Balaban J connectivity index is 1.62. The number of ether oxygens (including phenoxy) is 1. The molecule has 0 unspecified atom stereocenters. The van der Waals surface area contributed by atoms with Crippen molar-refractivity contribution in [2.75, 3.05) is 11.9 Å². The Hall–Kier alpha value is -2.88. The van der Waals surface area contributed by atoms with Crippen LogP contribution in [-0.2, 0) is 14.3 Å². The van der Waals surface area contributed by atoms with Crippen molar-refractivity contribution in [3.8, 4) is 11.1 Å². The Bertz CT molecular complexity index is 751. The molecule has 0 aliphatic rings. The van der Waals surface area contributed by atoms with Crippen LogP contribution in [0, 0.1) is 0 Å². The van der Waals surface area contributed by atoms with Crippen LogP contribution < -0.4 is 5.32 Å². The Labute approximate surface area is 161 Å². The molecule has 0 spiro atoms. The Morgan fingerprint density at radius 2 is 1.52 bits per heavy atom. The SMILES string of the molecule is C=C(C)C(=O)OCCCCCCC(=O)Nc1ccc(-c2ccccc2)cc1. The van der Waals surface area contributed by atoms with Crippen LogP contribution >= 0.6 is 0 Å². The van der Waals surface area contributed by atoms with Crippen molar-refractivity contribution in [2.24, 2.45) is 0 Å². The van der Waals surface area contributed by atoms with Gasteiger partial charge in [0, 0.05) is 17.7 Å². The zero-order chi connectivity index (χ0) is 19.5. The van der Waals surface area contributed by atoms with E-state index >= 15 is 0 Å². The predicted molar refractivity (Wildman–Crippen MR) is 109 cm³/mol. The number of esters is 1. The zero-order valence-electron chi connectivity index (χ0n) is 15.9. The van der Waals surface area contributed by atoms with Crippen LogP contribution in [0.5, 0.6) is 0 Å². The second-order valence-corrected chi connectivity index (χ2v) is 6.57. The molecule has 1 N–H and O–H groups in total. The van der Waals surface area contributed by atoms with Gasteiger partial charge in [0.25, 0.3) is 0 Å². The maximum atomic E-state index is 12.0. The van der Waals surface area contributed by atoms with Crippen LogP contribution in [0.1, 0.15) is 39.0 Å². The van der Waals surface area contributed by atoms with Gasteiger partial charge in [-0.15, -0.1) is 0 Å². The molecule has 27 heavy (non-hydrogen) atoms. The van der Waals surface area contributed by atoms with E-state index in [4.69, 9.17) is 4.74 Å². The van der Waals surface area contributed by atoms with Gasteiger partial charge in [-0.2, -0.15) is 0 Å². The van der Waals surface area contributed by atoms with E-state index in [0.717, 1.165) is 42.5 Å². The highest BCUT2D eigenvalue weighted by Crippen LogP contribution is 2.21. The topological polar surface area (TPSA) is 55.4 Å². The van der Waals surface area contributed by atoms with Crippen molar-refractivity contribution >= 4 is 17.6 Å². The lowest BCUT2D eigenvalue weighted by Gasteiger charge is -2.07. The fourth-order valence-electron chi connectivity index (χ4n) is 2.63. The quantitative estimate of drug-likeness (QED) is 0.350. The second kappa shape index (κ2) is 11.0. The molecule has 2 rings (SSSR count). The van der Waals surface area contributed by atoms with Crippen molar-refractivity contribution in [1.29, 1.82) is 0 Å². The van der Waals surface area contributed by atoms with Gasteiger partial charge in [0.2, 0.25) is 5.91 Å². The van der Waals surface area contributed by atoms with E-state index in [1.165, 1.54) is 0 Å². The lowest BCUT2D eigenvalue weighted by Crippen LogP contribution is -2.11. The first-order valence-electron chi connectivity index (χ1n) is 9.34. The third kappa shape index (κ3) is 7.48. The molecule has 0 aromatic heterocycles. The molecular formula is C23H27NO3. The van der Waals surface area contributed by atoms with E-state index in [2.05, 4.69) is 24.0 Å². The molecule has 0 aliphatic carbocycles. The van der Waals surface area contributed by atoms with Gasteiger partial charge >= 0.3 is 5.97 Å². The number of carbonyl (C=O) groups is 2. The van der Waals surface area contributed by atoms with Crippen LogP contribution in [0.4, 0.5) is 5.69 Å². The number of hydrogen-bond acceptors (Lipinski definition) is 3. The maximum absolute atomic E-state index is 12.0. The van der Waals surface area contributed by atoms with E-state index < -0.39 is 0 Å². The number of unbranched alkanes of at least 4 members (excludes halogenated alkanes) is 3. The first-order valence-corrected chi connectivity index (χ1v) is 9.34.